The molecular formula is C13H30N2O3Si. The molecule has 0 spiro atoms. The number of ether oxygens (including phenoxy) is 1. The first-order valence-corrected chi connectivity index (χ1v) is 10.2. The Balaban J connectivity index is 4.30. The first kappa shape index (κ1) is 18.4. The van der Waals surface area contributed by atoms with Crippen LogP contribution in [0.3, 0.4) is 0 Å². The highest BCUT2D eigenvalue weighted by Crippen LogP contribution is 2.14. The topological polar surface area (TPSA) is 50.8 Å². The van der Waals surface area contributed by atoms with Crippen LogP contribution >= 0.6 is 0 Å². The maximum Gasteiger partial charge on any atom is 0.426 e. The molecule has 0 heterocycles. The third-order valence-corrected chi connectivity index (χ3v) is 4.70. The summed E-state index contributed by atoms with van der Waals surface area (Å²) in [6.07, 6.45) is 1.90. The van der Waals surface area contributed by atoms with Crippen molar-refractivity contribution in [3.05, 3.63) is 0 Å². The average molecular weight is 290 g/mol. The molecule has 0 rings (SSSR count). The van der Waals surface area contributed by atoms with E-state index in [9.17, 15) is 4.79 Å². The Morgan fingerprint density at radius 3 is 2.26 bits per heavy atom. The van der Waals surface area contributed by atoms with E-state index in [-0.39, 0.29) is 0 Å². The molecule has 1 amide bonds. The van der Waals surface area contributed by atoms with Gasteiger partial charge in [0.15, 0.2) is 0 Å². The number of amides is 1. The molecule has 5 nitrogen and oxygen atoms in total. The van der Waals surface area contributed by atoms with E-state index in [1.54, 1.807) is 0 Å². The van der Waals surface area contributed by atoms with Gasteiger partial charge in [-0.1, -0.05) is 19.8 Å². The molecule has 0 unspecified atom stereocenters. The monoisotopic (exact) mass is 290 g/mol. The summed E-state index contributed by atoms with van der Waals surface area (Å²) in [4.78, 5) is 11.9. The van der Waals surface area contributed by atoms with Crippen molar-refractivity contribution in [2.45, 2.75) is 72.2 Å². The zero-order valence-electron chi connectivity index (χ0n) is 13.5. The van der Waals surface area contributed by atoms with Crippen LogP contribution in [0.5, 0.6) is 0 Å². The van der Waals surface area contributed by atoms with Gasteiger partial charge in [0.05, 0.1) is 0 Å². The van der Waals surface area contributed by atoms with E-state index < -0.39 is 20.0 Å². The van der Waals surface area contributed by atoms with Crippen molar-refractivity contribution >= 4 is 14.4 Å². The van der Waals surface area contributed by atoms with E-state index in [1.165, 1.54) is 5.01 Å². The van der Waals surface area contributed by atoms with Gasteiger partial charge in [-0.3, -0.25) is 0 Å². The summed E-state index contributed by atoms with van der Waals surface area (Å²) < 4.78 is 11.0. The van der Waals surface area contributed by atoms with Crippen LogP contribution in [0.15, 0.2) is 0 Å². The van der Waals surface area contributed by atoms with Crippen LogP contribution in [-0.4, -0.2) is 31.6 Å². The van der Waals surface area contributed by atoms with Crippen molar-refractivity contribution in [3.63, 3.8) is 0 Å². The highest BCUT2D eigenvalue weighted by molar-refractivity contribution is 6.71. The molecule has 0 saturated heterocycles. The van der Waals surface area contributed by atoms with Crippen LogP contribution in [-0.2, 0) is 9.26 Å². The molecule has 0 aliphatic heterocycles. The van der Waals surface area contributed by atoms with Gasteiger partial charge in [-0.05, 0) is 46.8 Å². The molecule has 6 heteroatoms. The van der Waals surface area contributed by atoms with Gasteiger partial charge in [0, 0.05) is 6.54 Å². The fraction of sp³-hybridized carbons (Fsp3) is 0.923. The van der Waals surface area contributed by atoms with E-state index in [2.05, 4.69) is 25.6 Å². The van der Waals surface area contributed by atoms with E-state index >= 15 is 0 Å². The second-order valence-corrected chi connectivity index (χ2v) is 10.5. The van der Waals surface area contributed by atoms with Gasteiger partial charge in [0.2, 0.25) is 8.32 Å². The van der Waals surface area contributed by atoms with Gasteiger partial charge in [-0.15, -0.1) is 5.59 Å². The molecule has 0 aliphatic rings. The summed E-state index contributed by atoms with van der Waals surface area (Å²) in [6.45, 7) is 14.3. The molecule has 0 aromatic rings. The van der Waals surface area contributed by atoms with E-state index in [0.29, 0.717) is 6.54 Å². The molecule has 114 valence electrons. The number of carbonyl (C=O) groups is 1. The van der Waals surface area contributed by atoms with Crippen LogP contribution < -0.4 is 5.59 Å². The van der Waals surface area contributed by atoms with Crippen LogP contribution in [0.25, 0.3) is 0 Å². The number of nitrogens with one attached hydrogen (secondary N) is 1. The Morgan fingerprint density at radius 2 is 1.84 bits per heavy atom. The Labute approximate surface area is 118 Å². The van der Waals surface area contributed by atoms with Crippen LogP contribution in [0.2, 0.25) is 19.1 Å². The number of rotatable bonds is 7. The first-order chi connectivity index (χ1) is 8.61. The third kappa shape index (κ3) is 9.02. The van der Waals surface area contributed by atoms with Crippen molar-refractivity contribution in [1.82, 2.24) is 10.6 Å². The largest absolute Gasteiger partial charge is 0.443 e. The normalized spacial score (nSPS) is 12.4. The first-order valence-electron chi connectivity index (χ1n) is 7.05. The molecule has 0 bridgehead atoms. The Morgan fingerprint density at radius 1 is 1.26 bits per heavy atom. The van der Waals surface area contributed by atoms with Crippen LogP contribution in [0.1, 0.15) is 47.5 Å². The lowest BCUT2D eigenvalue weighted by molar-refractivity contribution is -0.0337. The molecule has 0 atom stereocenters. The van der Waals surface area contributed by atoms with Crippen molar-refractivity contribution in [3.8, 4) is 0 Å². The summed E-state index contributed by atoms with van der Waals surface area (Å²) in [5.74, 6) is 0. The zero-order valence-corrected chi connectivity index (χ0v) is 14.5. The lowest BCUT2D eigenvalue weighted by Crippen LogP contribution is -2.50. The molecular weight excluding hydrogens is 260 g/mol. The van der Waals surface area contributed by atoms with Gasteiger partial charge < -0.3 is 9.26 Å². The summed E-state index contributed by atoms with van der Waals surface area (Å²) in [5.41, 5.74) is 2.26. The third-order valence-electron chi connectivity index (χ3n) is 2.49. The predicted molar refractivity (Wildman–Crippen MR) is 80.0 cm³/mol. The number of hydrazine groups is 1. The summed E-state index contributed by atoms with van der Waals surface area (Å²) >= 11 is 0. The summed E-state index contributed by atoms with van der Waals surface area (Å²) in [7, 11) is -1.77. The maximum absolute atomic E-state index is 11.9. The smallest absolute Gasteiger partial charge is 0.426 e. The van der Waals surface area contributed by atoms with Crippen molar-refractivity contribution < 1.29 is 14.1 Å². The molecule has 0 aliphatic carbocycles. The number of hydrogen-bond acceptors (Lipinski definition) is 4. The number of carbonyl (C=O) groups excluding carboxylic acids is 1. The highest BCUT2D eigenvalue weighted by atomic mass is 28.4. The number of unbranched alkanes of at least 4 members (excludes halogenated alkanes) is 1. The second kappa shape index (κ2) is 7.87. The van der Waals surface area contributed by atoms with Gasteiger partial charge in [0.1, 0.15) is 5.60 Å². The van der Waals surface area contributed by atoms with Crippen LogP contribution in [0.4, 0.5) is 4.79 Å². The zero-order chi connectivity index (χ0) is 15.1. The predicted octanol–water partition coefficient (Wildman–Crippen LogP) is 3.68. The Hall–Kier alpha value is -0.593. The Kier molecular flexibility index (Phi) is 7.62. The number of hydrogen-bond donors (Lipinski definition) is 1. The quantitative estimate of drug-likeness (QED) is 0.574. The van der Waals surface area contributed by atoms with Gasteiger partial charge in [-0.25, -0.2) is 9.80 Å². The average Bonchev–Trinajstić information content (AvgIpc) is 2.24. The van der Waals surface area contributed by atoms with Crippen molar-refractivity contribution in [2.75, 3.05) is 6.54 Å². The van der Waals surface area contributed by atoms with Crippen LogP contribution in [0, 0.1) is 0 Å². The molecule has 0 aromatic heterocycles. The maximum atomic E-state index is 11.9. The van der Waals surface area contributed by atoms with E-state index in [4.69, 9.17) is 9.26 Å². The van der Waals surface area contributed by atoms with Gasteiger partial charge in [-0.2, -0.15) is 0 Å². The minimum Gasteiger partial charge on any atom is -0.443 e. The Bertz CT molecular complexity index is 278. The molecule has 0 aromatic carbocycles. The fourth-order valence-corrected chi connectivity index (χ4v) is 3.04. The fourth-order valence-electron chi connectivity index (χ4n) is 1.38. The molecule has 0 saturated carbocycles. The van der Waals surface area contributed by atoms with E-state index in [1.807, 2.05) is 27.7 Å². The summed E-state index contributed by atoms with van der Waals surface area (Å²) in [6, 6.07) is 1.07. The van der Waals surface area contributed by atoms with Crippen molar-refractivity contribution in [2.24, 2.45) is 0 Å². The van der Waals surface area contributed by atoms with Crippen molar-refractivity contribution in [1.29, 1.82) is 0 Å². The standard InChI is InChI=1S/C13H30N2O3Si/c1-8-10-11-19(6,7)18-14-15(9-2)12(16)17-13(3,4)5/h14H,8-11H2,1-7H3. The molecule has 1 N–H and O–H groups in total. The molecule has 0 radical (unpaired) electrons. The van der Waals surface area contributed by atoms with Gasteiger partial charge in [0.25, 0.3) is 0 Å². The molecule has 19 heavy (non-hydrogen) atoms. The SMILES string of the molecule is CCCC[Si](C)(C)ONN(CC)C(=O)OC(C)(C)C. The highest BCUT2D eigenvalue weighted by Gasteiger charge is 2.26. The minimum absolute atomic E-state index is 0.407. The van der Waals surface area contributed by atoms with Gasteiger partial charge >= 0.3 is 6.09 Å². The second-order valence-electron chi connectivity index (χ2n) is 6.28. The summed E-state index contributed by atoms with van der Waals surface area (Å²) in [5, 5.41) is 1.37. The number of nitrogens with zero attached hydrogens (tertiary/aromatic N) is 1. The molecule has 0 fully saturated rings. The lowest BCUT2D eigenvalue weighted by atomic mass is 10.2. The van der Waals surface area contributed by atoms with E-state index in [0.717, 1.165) is 18.9 Å². The lowest BCUT2D eigenvalue weighted by Gasteiger charge is -2.30. The minimum atomic E-state index is -1.77.